The monoisotopic (exact) mass is 935 g/mol. The van der Waals surface area contributed by atoms with E-state index in [0.29, 0.717) is 70.4 Å². The Kier molecular flexibility index (Phi) is 8.53. The summed E-state index contributed by atoms with van der Waals surface area (Å²) in [7, 11) is 0. The summed E-state index contributed by atoms with van der Waals surface area (Å²) in [5, 5.41) is 81.5. The van der Waals surface area contributed by atoms with Crippen LogP contribution in [0.3, 0.4) is 0 Å². The van der Waals surface area contributed by atoms with Crippen molar-refractivity contribution in [2.24, 2.45) is 21.7 Å². The quantitative estimate of drug-likeness (QED) is 0.0933. The highest BCUT2D eigenvalue weighted by Crippen LogP contribution is 2.76. The molecule has 4 saturated carbocycles. The molecule has 0 amide bonds. The Balaban J connectivity index is 1.12. The second-order valence-corrected chi connectivity index (χ2v) is 23.2. The van der Waals surface area contributed by atoms with Crippen LogP contribution >= 0.6 is 0 Å². The molecule has 358 valence electrons. The van der Waals surface area contributed by atoms with Gasteiger partial charge in [0.2, 0.25) is 5.78 Å². The lowest BCUT2D eigenvalue weighted by Gasteiger charge is -2.64. The van der Waals surface area contributed by atoms with E-state index in [4.69, 9.17) is 14.5 Å². The van der Waals surface area contributed by atoms with E-state index >= 15 is 9.59 Å². The number of hydrogen-bond acceptors (Lipinski definition) is 13. The van der Waals surface area contributed by atoms with E-state index in [-0.39, 0.29) is 57.7 Å². The Morgan fingerprint density at radius 1 is 0.855 bits per heavy atom. The highest BCUT2D eigenvalue weighted by Gasteiger charge is 2.77. The van der Waals surface area contributed by atoms with Gasteiger partial charge in [0.1, 0.15) is 35.8 Å². The number of benzene rings is 2. The van der Waals surface area contributed by atoms with E-state index in [2.05, 4.69) is 10.3 Å². The second-order valence-electron chi connectivity index (χ2n) is 23.2. The van der Waals surface area contributed by atoms with Crippen LogP contribution < -0.4 is 10.1 Å². The Bertz CT molecular complexity index is 3090. The van der Waals surface area contributed by atoms with E-state index in [0.717, 1.165) is 81.6 Å². The fraction of sp³-hybridized carbons (Fsp3) is 0.527. The maximum atomic E-state index is 15.1. The molecule has 14 heteroatoms. The summed E-state index contributed by atoms with van der Waals surface area (Å²) in [4.78, 5) is 50.8. The number of carbonyl (C=O) groups excluding carboxylic acids is 3. The molecule has 11 aliphatic rings. The molecule has 6 heterocycles. The molecule has 15 rings (SSSR count). The molecule has 2 aromatic carbocycles. The smallest absolute Gasteiger partial charge is 0.261 e. The number of H-pyrrole nitrogens is 1. The van der Waals surface area contributed by atoms with Gasteiger partial charge in [-0.25, -0.2) is 4.98 Å². The van der Waals surface area contributed by atoms with Crippen molar-refractivity contribution >= 4 is 40.0 Å². The lowest BCUT2D eigenvalue weighted by Crippen LogP contribution is -2.79. The fourth-order valence-electron chi connectivity index (χ4n) is 17.1. The normalized spacial score (nSPS) is 37.2. The largest absolute Gasteiger partial charge is 0.507 e. The van der Waals surface area contributed by atoms with Crippen molar-refractivity contribution < 1.29 is 54.5 Å². The Morgan fingerprint density at radius 2 is 1.62 bits per heavy atom. The van der Waals surface area contributed by atoms with Crippen LogP contribution in [0.2, 0.25) is 0 Å². The second kappa shape index (κ2) is 13.8. The number of phenolic OH excluding ortho intramolecular Hbond substituents is 1. The molecule has 69 heavy (non-hydrogen) atoms. The molecule has 10 atom stereocenters. The predicted molar refractivity (Wildman–Crippen MR) is 250 cm³/mol. The summed E-state index contributed by atoms with van der Waals surface area (Å²) in [6.45, 7) is 1.71. The number of aliphatic hydroxyl groups is 5. The molecule has 7 aliphatic carbocycles. The molecule has 5 fully saturated rings. The van der Waals surface area contributed by atoms with E-state index in [1.165, 1.54) is 12.1 Å². The first kappa shape index (κ1) is 42.6. The number of ketones is 2. The number of nitrogens with zero attached hydrogens (tertiary/aromatic N) is 1. The van der Waals surface area contributed by atoms with Crippen LogP contribution in [-0.2, 0) is 16.0 Å². The number of nitrogens with one attached hydrogen (secondary N) is 2. The van der Waals surface area contributed by atoms with Crippen LogP contribution in [0, 0.1) is 28.6 Å². The highest BCUT2D eigenvalue weighted by atomic mass is 16.7. The summed E-state index contributed by atoms with van der Waals surface area (Å²) in [6, 6.07) is 8.16. The minimum absolute atomic E-state index is 0.00458. The van der Waals surface area contributed by atoms with Gasteiger partial charge in [-0.2, -0.15) is 0 Å². The van der Waals surface area contributed by atoms with Crippen LogP contribution in [0.1, 0.15) is 150 Å². The number of rotatable bonds is 2. The average molecular weight is 936 g/mol. The van der Waals surface area contributed by atoms with Crippen molar-refractivity contribution in [3.8, 4) is 11.5 Å². The first-order valence-corrected chi connectivity index (χ1v) is 25.2. The van der Waals surface area contributed by atoms with E-state index in [1.807, 2.05) is 6.07 Å². The van der Waals surface area contributed by atoms with Gasteiger partial charge in [-0.15, -0.1) is 0 Å². The average Bonchev–Trinajstić information content (AvgIpc) is 4.19. The zero-order valence-electron chi connectivity index (χ0n) is 38.6. The van der Waals surface area contributed by atoms with Gasteiger partial charge >= 0.3 is 0 Å². The number of pyridine rings is 1. The third-order valence-corrected chi connectivity index (χ3v) is 19.7. The number of aliphatic hydroxyl groups excluding tert-OH is 5. The van der Waals surface area contributed by atoms with Gasteiger partial charge in [0.15, 0.2) is 17.5 Å². The maximum Gasteiger partial charge on any atom is 0.261 e. The van der Waals surface area contributed by atoms with Crippen LogP contribution in [-0.4, -0.2) is 107 Å². The van der Waals surface area contributed by atoms with Gasteiger partial charge in [-0.1, -0.05) is 31.3 Å². The number of aromatic nitrogens is 2. The first-order chi connectivity index (χ1) is 33.1. The molecule has 6 spiro atoms. The predicted octanol–water partition coefficient (Wildman–Crippen LogP) is 6.13. The SMILES string of the molecule is Cc1cc(O)c2c(c1)C(=O)c1c(c3cc4c(nccc14)NCC(O)C14CC5(CCCC5)CC1c1cc(CC=O)[nH]c1C1=CC5(O3)OC3(C1=C4CC1(CCC4(CCCC4)C1)C3O)C(O)C(O)C5O)C2=O. The third-order valence-electron chi connectivity index (χ3n) is 19.7. The highest BCUT2D eigenvalue weighted by molar-refractivity contribution is 6.34. The number of fused-ring (bicyclic) bond motifs is 7. The lowest BCUT2D eigenvalue weighted by atomic mass is 9.50. The van der Waals surface area contributed by atoms with Crippen LogP contribution in [0.25, 0.3) is 16.3 Å². The van der Waals surface area contributed by atoms with Gasteiger partial charge < -0.3 is 55.2 Å². The molecule has 14 nitrogen and oxygen atoms in total. The van der Waals surface area contributed by atoms with E-state index in [1.54, 1.807) is 31.3 Å². The molecule has 2 aromatic heterocycles. The number of aromatic amines is 1. The number of aldehydes is 1. The first-order valence-electron chi connectivity index (χ1n) is 25.2. The van der Waals surface area contributed by atoms with Gasteiger partial charge in [-0.3, -0.25) is 9.59 Å². The zero-order chi connectivity index (χ0) is 47.4. The fourth-order valence-corrected chi connectivity index (χ4v) is 17.1. The third kappa shape index (κ3) is 5.17. The molecular formula is C55H57N3O11. The number of hydrogen-bond donors (Lipinski definition) is 8. The summed E-state index contributed by atoms with van der Waals surface area (Å²) in [6.07, 6.45) is 7.48. The van der Waals surface area contributed by atoms with Gasteiger partial charge in [0.25, 0.3) is 5.79 Å². The van der Waals surface area contributed by atoms with E-state index < -0.39 is 70.1 Å². The minimum atomic E-state index is -2.46. The number of ether oxygens (including phenoxy) is 2. The Hall–Kier alpha value is -5.22. The summed E-state index contributed by atoms with van der Waals surface area (Å²) in [5.41, 5.74) is -0.400. The number of carbonyl (C=O) groups is 3. The van der Waals surface area contributed by atoms with Crippen LogP contribution in [0.4, 0.5) is 5.82 Å². The lowest BCUT2D eigenvalue weighted by molar-refractivity contribution is -0.366. The number of anilines is 1. The topological polar surface area (TPSA) is 232 Å². The van der Waals surface area contributed by atoms with Crippen molar-refractivity contribution in [3.63, 3.8) is 0 Å². The van der Waals surface area contributed by atoms with Crippen molar-refractivity contribution in [2.45, 2.75) is 151 Å². The molecule has 10 unspecified atom stereocenters. The zero-order valence-corrected chi connectivity index (χ0v) is 38.6. The maximum absolute atomic E-state index is 15.1. The summed E-state index contributed by atoms with van der Waals surface area (Å²) in [5.74, 6) is -4.39. The molecule has 4 aliphatic heterocycles. The Morgan fingerprint density at radius 3 is 2.39 bits per heavy atom. The van der Waals surface area contributed by atoms with Crippen molar-refractivity contribution in [3.05, 3.63) is 98.5 Å². The number of aromatic hydroxyl groups is 1. The number of phenols is 1. The van der Waals surface area contributed by atoms with Crippen LogP contribution in [0.15, 0.2) is 53.8 Å². The van der Waals surface area contributed by atoms with Crippen LogP contribution in [0.5, 0.6) is 11.5 Å². The Labute approximate surface area is 397 Å². The molecule has 4 aromatic rings. The summed E-state index contributed by atoms with van der Waals surface area (Å²) >= 11 is 0. The van der Waals surface area contributed by atoms with Crippen molar-refractivity contribution in [1.29, 1.82) is 0 Å². The van der Waals surface area contributed by atoms with Gasteiger partial charge in [0.05, 0.1) is 23.3 Å². The molecule has 0 radical (unpaired) electrons. The van der Waals surface area contributed by atoms with Crippen molar-refractivity contribution in [1.82, 2.24) is 9.97 Å². The molecule has 1 saturated heterocycles. The number of aryl methyl sites for hydroxylation is 1. The van der Waals surface area contributed by atoms with Gasteiger partial charge in [0, 0.05) is 63.5 Å². The van der Waals surface area contributed by atoms with Gasteiger partial charge in [-0.05, 0) is 146 Å². The minimum Gasteiger partial charge on any atom is -0.507 e. The standard InChI is InChI=1S/C55H57N3O11/c1-26-16-31-38(35(60)17-26)44(63)40-36-19-29-28(39(40)43(31)62)6-14-56-48(29)57-23-37(61)53-25-51(10-4-5-11-51)21-33(53)30-18-27(7-15-59)58-42(30)32-20-54(68-36)46(65)45(64)47(66)55(69-54)41(32)34(53)22-52(49(55)67)13-12-50(24-52)8-2-3-9-50/h6,14-20,33,37,45-47,49,58,60-61,64-67H,2-5,7-13,21-25H2,1H3,(H,56,57). The molecule has 8 N–H and O–H groups in total. The molecular weight excluding hydrogens is 879 g/mol. The van der Waals surface area contributed by atoms with Crippen molar-refractivity contribution in [2.75, 3.05) is 11.9 Å². The van der Waals surface area contributed by atoms with E-state index in [9.17, 15) is 35.4 Å². The summed E-state index contributed by atoms with van der Waals surface area (Å²) < 4.78 is 14.6. The molecule has 8 bridgehead atoms.